The quantitative estimate of drug-likeness (QED) is 0.757. The van der Waals surface area contributed by atoms with Crippen molar-refractivity contribution in [2.75, 3.05) is 18.1 Å². The van der Waals surface area contributed by atoms with Crippen molar-refractivity contribution < 1.29 is 5.11 Å². The predicted molar refractivity (Wildman–Crippen MR) is 67.6 cm³/mol. The van der Waals surface area contributed by atoms with E-state index in [0.29, 0.717) is 4.99 Å². The highest BCUT2D eigenvalue weighted by Crippen LogP contribution is 2.23. The maximum atomic E-state index is 9.26. The van der Waals surface area contributed by atoms with Gasteiger partial charge in [0.1, 0.15) is 10.8 Å². The molecule has 0 radical (unpaired) electrons. The zero-order valence-electron chi connectivity index (χ0n) is 8.97. The van der Waals surface area contributed by atoms with Gasteiger partial charge in [0.15, 0.2) is 0 Å². The number of nitrogens with two attached hydrogens (primary N) is 1. The van der Waals surface area contributed by atoms with Crippen LogP contribution in [0.3, 0.4) is 0 Å². The van der Waals surface area contributed by atoms with E-state index in [2.05, 4.69) is 9.88 Å². The number of pyridine rings is 1. The number of aromatic nitrogens is 1. The lowest BCUT2D eigenvalue weighted by molar-refractivity contribution is 0.266. The van der Waals surface area contributed by atoms with Gasteiger partial charge in [-0.1, -0.05) is 12.2 Å². The molecular formula is C11H15N3OS. The number of thiocarbonyl (C=S) groups is 1. The Balaban J connectivity index is 2.26. The fourth-order valence-electron chi connectivity index (χ4n) is 2.06. The fourth-order valence-corrected chi connectivity index (χ4v) is 2.18. The molecule has 1 aliphatic rings. The van der Waals surface area contributed by atoms with Gasteiger partial charge in [0, 0.05) is 18.3 Å². The van der Waals surface area contributed by atoms with Crippen LogP contribution in [0.5, 0.6) is 0 Å². The smallest absolute Gasteiger partial charge is 0.129 e. The Morgan fingerprint density at radius 2 is 2.50 bits per heavy atom. The molecule has 2 rings (SSSR count). The van der Waals surface area contributed by atoms with Crippen molar-refractivity contribution >= 4 is 23.0 Å². The lowest BCUT2D eigenvalue weighted by Gasteiger charge is -2.24. The van der Waals surface area contributed by atoms with E-state index in [1.807, 2.05) is 6.07 Å². The van der Waals surface area contributed by atoms with E-state index >= 15 is 0 Å². The number of aliphatic hydroxyl groups excluding tert-OH is 1. The Hall–Kier alpha value is -1.20. The van der Waals surface area contributed by atoms with Crippen molar-refractivity contribution in [2.24, 2.45) is 5.73 Å². The standard InChI is InChI=1S/C11H15N3OS/c12-11(16)8-3-4-13-10(6-8)14-5-1-2-9(14)7-15/h3-4,6,9,15H,1-2,5,7H2,(H2,12,16). The summed E-state index contributed by atoms with van der Waals surface area (Å²) in [5.41, 5.74) is 6.41. The van der Waals surface area contributed by atoms with Crippen molar-refractivity contribution in [3.63, 3.8) is 0 Å². The third-order valence-electron chi connectivity index (χ3n) is 2.91. The molecule has 1 unspecified atom stereocenters. The van der Waals surface area contributed by atoms with E-state index in [1.165, 1.54) is 0 Å². The molecule has 86 valence electrons. The molecule has 1 atom stereocenters. The van der Waals surface area contributed by atoms with Crippen LogP contribution >= 0.6 is 12.2 Å². The summed E-state index contributed by atoms with van der Waals surface area (Å²) in [7, 11) is 0. The van der Waals surface area contributed by atoms with Gasteiger partial charge in [-0.3, -0.25) is 0 Å². The van der Waals surface area contributed by atoms with Crippen LogP contribution in [0.15, 0.2) is 18.3 Å². The Labute approximate surface area is 100 Å². The molecule has 0 aromatic carbocycles. The maximum absolute atomic E-state index is 9.26. The first-order valence-electron chi connectivity index (χ1n) is 5.35. The van der Waals surface area contributed by atoms with Crippen molar-refractivity contribution in [1.82, 2.24) is 4.98 Å². The third-order valence-corrected chi connectivity index (χ3v) is 3.15. The number of hydrogen-bond donors (Lipinski definition) is 2. The predicted octanol–water partition coefficient (Wildman–Crippen LogP) is 0.677. The SMILES string of the molecule is NC(=S)c1ccnc(N2CCCC2CO)c1. The van der Waals surface area contributed by atoms with Crippen LogP contribution in [-0.2, 0) is 0 Å². The Bertz CT molecular complexity index is 397. The molecule has 1 aromatic rings. The maximum Gasteiger partial charge on any atom is 0.129 e. The molecule has 0 saturated carbocycles. The molecule has 16 heavy (non-hydrogen) atoms. The second kappa shape index (κ2) is 4.76. The molecule has 0 bridgehead atoms. The summed E-state index contributed by atoms with van der Waals surface area (Å²) in [6.07, 6.45) is 3.80. The number of hydrogen-bond acceptors (Lipinski definition) is 4. The van der Waals surface area contributed by atoms with Crippen molar-refractivity contribution in [2.45, 2.75) is 18.9 Å². The monoisotopic (exact) mass is 237 g/mol. The lowest BCUT2D eigenvalue weighted by Crippen LogP contribution is -2.32. The molecule has 2 heterocycles. The second-order valence-corrected chi connectivity index (χ2v) is 4.38. The van der Waals surface area contributed by atoms with Crippen LogP contribution < -0.4 is 10.6 Å². The molecule has 3 N–H and O–H groups in total. The van der Waals surface area contributed by atoms with Crippen LogP contribution in [-0.4, -0.2) is 34.3 Å². The van der Waals surface area contributed by atoms with E-state index < -0.39 is 0 Å². The molecular weight excluding hydrogens is 222 g/mol. The molecule has 5 heteroatoms. The first-order valence-corrected chi connectivity index (χ1v) is 5.76. The molecule has 1 saturated heterocycles. The summed E-state index contributed by atoms with van der Waals surface area (Å²) in [6, 6.07) is 3.86. The Morgan fingerprint density at radius 3 is 3.19 bits per heavy atom. The highest BCUT2D eigenvalue weighted by Gasteiger charge is 2.24. The summed E-state index contributed by atoms with van der Waals surface area (Å²) >= 11 is 4.94. The highest BCUT2D eigenvalue weighted by molar-refractivity contribution is 7.80. The van der Waals surface area contributed by atoms with Crippen LogP contribution in [0.1, 0.15) is 18.4 Å². The number of nitrogens with zero attached hydrogens (tertiary/aromatic N) is 2. The fraction of sp³-hybridized carbons (Fsp3) is 0.455. The molecule has 1 fully saturated rings. The van der Waals surface area contributed by atoms with E-state index in [0.717, 1.165) is 30.8 Å². The number of anilines is 1. The minimum absolute atomic E-state index is 0.166. The topological polar surface area (TPSA) is 62.4 Å². The molecule has 4 nitrogen and oxygen atoms in total. The van der Waals surface area contributed by atoms with E-state index in [1.54, 1.807) is 12.3 Å². The molecule has 0 aliphatic carbocycles. The average molecular weight is 237 g/mol. The summed E-state index contributed by atoms with van der Waals surface area (Å²) < 4.78 is 0. The second-order valence-electron chi connectivity index (χ2n) is 3.94. The zero-order valence-corrected chi connectivity index (χ0v) is 9.78. The van der Waals surface area contributed by atoms with Gasteiger partial charge >= 0.3 is 0 Å². The average Bonchev–Trinajstić information content (AvgIpc) is 2.77. The minimum Gasteiger partial charge on any atom is -0.394 e. The minimum atomic E-state index is 0.166. The highest BCUT2D eigenvalue weighted by atomic mass is 32.1. The van der Waals surface area contributed by atoms with Gasteiger partial charge < -0.3 is 15.7 Å². The largest absolute Gasteiger partial charge is 0.394 e. The zero-order chi connectivity index (χ0) is 11.5. The molecule has 0 spiro atoms. The van der Waals surface area contributed by atoms with E-state index in [9.17, 15) is 5.11 Å². The van der Waals surface area contributed by atoms with Crippen LogP contribution in [0.4, 0.5) is 5.82 Å². The first-order chi connectivity index (χ1) is 7.72. The van der Waals surface area contributed by atoms with Crippen molar-refractivity contribution in [3.8, 4) is 0 Å². The summed E-state index contributed by atoms with van der Waals surface area (Å²) in [6.45, 7) is 1.10. The van der Waals surface area contributed by atoms with E-state index in [4.69, 9.17) is 18.0 Å². The van der Waals surface area contributed by atoms with Crippen LogP contribution in [0.25, 0.3) is 0 Å². The first kappa shape index (κ1) is 11.3. The molecule has 1 aliphatic heterocycles. The molecule has 0 amide bonds. The number of aliphatic hydroxyl groups is 1. The van der Waals surface area contributed by atoms with Crippen LogP contribution in [0.2, 0.25) is 0 Å². The van der Waals surface area contributed by atoms with Crippen molar-refractivity contribution in [3.05, 3.63) is 23.9 Å². The van der Waals surface area contributed by atoms with Gasteiger partial charge in [-0.2, -0.15) is 0 Å². The lowest BCUT2D eigenvalue weighted by atomic mass is 10.2. The van der Waals surface area contributed by atoms with Crippen molar-refractivity contribution in [1.29, 1.82) is 0 Å². The summed E-state index contributed by atoms with van der Waals surface area (Å²) in [5, 5.41) is 9.26. The molecule has 1 aromatic heterocycles. The van der Waals surface area contributed by atoms with Gasteiger partial charge in [-0.15, -0.1) is 0 Å². The normalized spacial score (nSPS) is 20.1. The number of rotatable bonds is 3. The van der Waals surface area contributed by atoms with Crippen LogP contribution in [0, 0.1) is 0 Å². The van der Waals surface area contributed by atoms with Gasteiger partial charge in [0.25, 0.3) is 0 Å². The summed E-state index contributed by atoms with van der Waals surface area (Å²) in [5.74, 6) is 0.849. The van der Waals surface area contributed by atoms with E-state index in [-0.39, 0.29) is 12.6 Å². The Kier molecular flexibility index (Phi) is 3.36. The third kappa shape index (κ3) is 2.15. The van der Waals surface area contributed by atoms with Gasteiger partial charge in [0.05, 0.1) is 12.6 Å². The Morgan fingerprint density at radius 1 is 1.69 bits per heavy atom. The van der Waals surface area contributed by atoms with Gasteiger partial charge in [-0.05, 0) is 25.0 Å². The summed E-state index contributed by atoms with van der Waals surface area (Å²) in [4.78, 5) is 6.79. The van der Waals surface area contributed by atoms with Gasteiger partial charge in [0.2, 0.25) is 0 Å². The van der Waals surface area contributed by atoms with Gasteiger partial charge in [-0.25, -0.2) is 4.98 Å².